The molecule has 1 saturated heterocycles. The Labute approximate surface area is 122 Å². The number of benzene rings is 1. The molecule has 3 nitrogen and oxygen atoms in total. The topological polar surface area (TPSA) is 28.2 Å². The molecule has 1 aromatic carbocycles. The van der Waals surface area contributed by atoms with E-state index in [9.17, 15) is 0 Å². The van der Waals surface area contributed by atoms with E-state index in [-0.39, 0.29) is 0 Å². The number of nitrogens with one attached hydrogen (secondary N) is 1. The number of halogens is 1. The highest BCUT2D eigenvalue weighted by molar-refractivity contribution is 9.10. The molecule has 100 valence electrons. The third-order valence-electron chi connectivity index (χ3n) is 3.92. The van der Waals surface area contributed by atoms with E-state index in [2.05, 4.69) is 69.4 Å². The van der Waals surface area contributed by atoms with Crippen LogP contribution in [-0.4, -0.2) is 35.6 Å². The summed E-state index contributed by atoms with van der Waals surface area (Å²) in [4.78, 5) is 6.93. The zero-order valence-corrected chi connectivity index (χ0v) is 12.8. The predicted octanol–water partition coefficient (Wildman–Crippen LogP) is 3.50. The molecule has 1 aromatic heterocycles. The Kier molecular flexibility index (Phi) is 3.46. The lowest BCUT2D eigenvalue weighted by molar-refractivity contribution is 0.330. The molecule has 2 aromatic rings. The fraction of sp³-hybridized carbons (Fsp3) is 0.400. The Bertz CT molecular complexity index is 589. The van der Waals surface area contributed by atoms with Crippen molar-refractivity contribution in [3.63, 3.8) is 0 Å². The highest BCUT2D eigenvalue weighted by Crippen LogP contribution is 2.26. The minimum Gasteiger partial charge on any atom is -0.379 e. The van der Waals surface area contributed by atoms with E-state index in [0.29, 0.717) is 12.1 Å². The van der Waals surface area contributed by atoms with Gasteiger partial charge in [-0.05, 0) is 48.5 Å². The minimum absolute atomic E-state index is 0.510. The monoisotopic (exact) mass is 319 g/mol. The van der Waals surface area contributed by atoms with E-state index >= 15 is 0 Å². The highest BCUT2D eigenvalue weighted by atomic mass is 79.9. The van der Waals surface area contributed by atoms with Crippen molar-refractivity contribution >= 4 is 32.5 Å². The van der Waals surface area contributed by atoms with Gasteiger partial charge in [0.25, 0.3) is 0 Å². The van der Waals surface area contributed by atoms with Crippen LogP contribution < -0.4 is 5.32 Å². The first-order chi connectivity index (χ1) is 9.13. The van der Waals surface area contributed by atoms with Gasteiger partial charge in [0.05, 0.1) is 11.2 Å². The second-order valence-corrected chi connectivity index (χ2v) is 6.31. The van der Waals surface area contributed by atoms with Crippen molar-refractivity contribution in [2.45, 2.75) is 25.4 Å². The first kappa shape index (κ1) is 12.9. The summed E-state index contributed by atoms with van der Waals surface area (Å²) in [6.45, 7) is 3.37. The van der Waals surface area contributed by atoms with Gasteiger partial charge in [0.2, 0.25) is 0 Å². The van der Waals surface area contributed by atoms with Crippen LogP contribution in [0.1, 0.15) is 13.3 Å². The number of likely N-dealkylation sites (N-methyl/N-ethyl adjacent to an activating group) is 1. The molecule has 0 aliphatic carbocycles. The summed E-state index contributed by atoms with van der Waals surface area (Å²) < 4.78 is 1.02. The average Bonchev–Trinajstić information content (AvgIpc) is 2.68. The third-order valence-corrected chi connectivity index (χ3v) is 4.36. The Morgan fingerprint density at radius 1 is 1.42 bits per heavy atom. The summed E-state index contributed by atoms with van der Waals surface area (Å²) >= 11 is 3.47. The maximum atomic E-state index is 4.54. The third kappa shape index (κ3) is 2.60. The average molecular weight is 320 g/mol. The first-order valence-electron chi connectivity index (χ1n) is 6.64. The van der Waals surface area contributed by atoms with Crippen LogP contribution in [0.25, 0.3) is 10.9 Å². The molecule has 0 bridgehead atoms. The van der Waals surface area contributed by atoms with Gasteiger partial charge in [-0.1, -0.05) is 12.1 Å². The number of hydrogen-bond donors (Lipinski definition) is 1. The van der Waals surface area contributed by atoms with E-state index in [0.717, 1.165) is 22.2 Å². The number of fused-ring (bicyclic) bond motifs is 1. The predicted molar refractivity (Wildman–Crippen MR) is 83.6 cm³/mol. The van der Waals surface area contributed by atoms with Crippen LogP contribution in [0.4, 0.5) is 5.69 Å². The quantitative estimate of drug-likeness (QED) is 0.918. The van der Waals surface area contributed by atoms with E-state index in [1.54, 1.807) is 0 Å². The van der Waals surface area contributed by atoms with Crippen LogP contribution >= 0.6 is 15.9 Å². The SMILES string of the molecule is CC1CC(Nc2cccc3cc(Br)cnc23)CN1C. The van der Waals surface area contributed by atoms with Crippen LogP contribution in [0.5, 0.6) is 0 Å². The zero-order chi connectivity index (χ0) is 13.4. The lowest BCUT2D eigenvalue weighted by Crippen LogP contribution is -2.25. The van der Waals surface area contributed by atoms with Crippen LogP contribution in [0.15, 0.2) is 34.9 Å². The molecule has 3 rings (SSSR count). The highest BCUT2D eigenvalue weighted by Gasteiger charge is 2.26. The Morgan fingerprint density at radius 2 is 2.26 bits per heavy atom. The lowest BCUT2D eigenvalue weighted by atomic mass is 10.1. The number of hydrogen-bond acceptors (Lipinski definition) is 3. The Morgan fingerprint density at radius 3 is 3.00 bits per heavy atom. The van der Waals surface area contributed by atoms with Crippen LogP contribution in [-0.2, 0) is 0 Å². The molecule has 1 N–H and O–H groups in total. The van der Waals surface area contributed by atoms with Crippen LogP contribution in [0.2, 0.25) is 0 Å². The molecular weight excluding hydrogens is 302 g/mol. The molecule has 4 heteroatoms. The van der Waals surface area contributed by atoms with Gasteiger partial charge in [-0.2, -0.15) is 0 Å². The largest absolute Gasteiger partial charge is 0.379 e. The van der Waals surface area contributed by atoms with Gasteiger partial charge in [0.1, 0.15) is 0 Å². The minimum atomic E-state index is 0.510. The second-order valence-electron chi connectivity index (χ2n) is 5.40. The normalized spacial score (nSPS) is 23.9. The second kappa shape index (κ2) is 5.10. The number of nitrogens with zero attached hydrogens (tertiary/aromatic N) is 2. The van der Waals surface area contributed by atoms with Crippen molar-refractivity contribution < 1.29 is 0 Å². The Balaban J connectivity index is 1.89. The molecule has 19 heavy (non-hydrogen) atoms. The lowest BCUT2D eigenvalue weighted by Gasteiger charge is -2.15. The molecule has 2 atom stereocenters. The number of likely N-dealkylation sites (tertiary alicyclic amines) is 1. The first-order valence-corrected chi connectivity index (χ1v) is 7.44. The Hall–Kier alpha value is -1.13. The number of para-hydroxylation sites is 1. The maximum Gasteiger partial charge on any atom is 0.0934 e. The van der Waals surface area contributed by atoms with Crippen molar-refractivity contribution in [2.75, 3.05) is 18.9 Å². The van der Waals surface area contributed by atoms with Crippen LogP contribution in [0, 0.1) is 0 Å². The van der Waals surface area contributed by atoms with Crippen molar-refractivity contribution in [2.24, 2.45) is 0 Å². The number of aromatic nitrogens is 1. The van der Waals surface area contributed by atoms with E-state index in [1.807, 2.05) is 6.20 Å². The fourth-order valence-corrected chi connectivity index (χ4v) is 3.12. The van der Waals surface area contributed by atoms with Gasteiger partial charge < -0.3 is 10.2 Å². The molecule has 0 spiro atoms. The standard InChI is InChI=1S/C15H18BrN3/c1-10-6-13(9-19(10)2)18-14-5-3-4-11-7-12(16)8-17-15(11)14/h3-5,7-8,10,13,18H,6,9H2,1-2H3. The van der Waals surface area contributed by atoms with E-state index in [1.165, 1.54) is 11.8 Å². The summed E-state index contributed by atoms with van der Waals surface area (Å²) in [7, 11) is 2.19. The molecule has 0 radical (unpaired) electrons. The fourth-order valence-electron chi connectivity index (χ4n) is 2.77. The summed E-state index contributed by atoms with van der Waals surface area (Å²) in [5.74, 6) is 0. The molecule has 0 amide bonds. The maximum absolute atomic E-state index is 4.54. The molecule has 2 unspecified atom stereocenters. The van der Waals surface area contributed by atoms with Gasteiger partial charge >= 0.3 is 0 Å². The molecule has 1 fully saturated rings. The van der Waals surface area contributed by atoms with Crippen LogP contribution in [0.3, 0.4) is 0 Å². The number of anilines is 1. The van der Waals surface area contributed by atoms with Gasteiger partial charge in [-0.15, -0.1) is 0 Å². The van der Waals surface area contributed by atoms with Gasteiger partial charge in [0, 0.05) is 34.7 Å². The summed E-state index contributed by atoms with van der Waals surface area (Å²) in [6, 6.07) is 9.57. The van der Waals surface area contributed by atoms with E-state index in [4.69, 9.17) is 0 Å². The smallest absolute Gasteiger partial charge is 0.0934 e. The van der Waals surface area contributed by atoms with Gasteiger partial charge in [-0.3, -0.25) is 4.98 Å². The molecule has 1 aliphatic heterocycles. The van der Waals surface area contributed by atoms with Gasteiger partial charge in [0.15, 0.2) is 0 Å². The van der Waals surface area contributed by atoms with Crippen molar-refractivity contribution in [1.29, 1.82) is 0 Å². The molecule has 2 heterocycles. The van der Waals surface area contributed by atoms with E-state index < -0.39 is 0 Å². The van der Waals surface area contributed by atoms with Crippen molar-refractivity contribution in [3.05, 3.63) is 34.9 Å². The zero-order valence-electron chi connectivity index (χ0n) is 11.2. The molecule has 1 aliphatic rings. The molecule has 0 saturated carbocycles. The summed E-state index contributed by atoms with van der Waals surface area (Å²) in [6.07, 6.45) is 3.04. The number of rotatable bonds is 2. The van der Waals surface area contributed by atoms with Gasteiger partial charge in [-0.25, -0.2) is 0 Å². The number of pyridine rings is 1. The van der Waals surface area contributed by atoms with Crippen molar-refractivity contribution in [1.82, 2.24) is 9.88 Å². The van der Waals surface area contributed by atoms with Crippen molar-refractivity contribution in [3.8, 4) is 0 Å². The summed E-state index contributed by atoms with van der Waals surface area (Å²) in [5.41, 5.74) is 2.19. The summed E-state index contributed by atoms with van der Waals surface area (Å²) in [5, 5.41) is 4.81. The molecular formula is C15H18BrN3.